The van der Waals surface area contributed by atoms with Gasteiger partial charge in [-0.1, -0.05) is 0 Å². The van der Waals surface area contributed by atoms with E-state index in [2.05, 4.69) is 10.1 Å². The Hall–Kier alpha value is -2.11. The van der Waals surface area contributed by atoms with Crippen molar-refractivity contribution in [3.05, 3.63) is 30.5 Å². The van der Waals surface area contributed by atoms with Gasteiger partial charge in [-0.25, -0.2) is 14.5 Å². The van der Waals surface area contributed by atoms with E-state index in [1.807, 2.05) is 38.6 Å². The van der Waals surface area contributed by atoms with Crippen LogP contribution >= 0.6 is 0 Å². The lowest BCUT2D eigenvalue weighted by Gasteiger charge is -2.18. The molecule has 0 amide bonds. The highest BCUT2D eigenvalue weighted by Gasteiger charge is 2.19. The maximum atomic E-state index is 11.8. The molecule has 0 radical (unpaired) electrons. The predicted octanol–water partition coefficient (Wildman–Crippen LogP) is 1.56. The summed E-state index contributed by atoms with van der Waals surface area (Å²) in [5.41, 5.74) is -0.0972. The Balaban J connectivity index is 2.18. The monoisotopic (exact) mass is 248 g/mol. The lowest BCUT2D eigenvalue weighted by molar-refractivity contribution is 0.00695. The predicted molar refractivity (Wildman–Crippen MR) is 65.5 cm³/mol. The van der Waals surface area contributed by atoms with Crippen LogP contribution in [0.25, 0.3) is 5.82 Å². The first kappa shape index (κ1) is 12.3. The molecule has 96 valence electrons. The standard InChI is InChI=1S/C12H16N4O2/c1-12(2,3)18-11(17)9-5-14-16(6-9)10-7-15(4)8-13-10/h5-8H,1-4H3. The molecular weight excluding hydrogens is 232 g/mol. The average molecular weight is 248 g/mol. The van der Waals surface area contributed by atoms with Gasteiger partial charge in [-0.15, -0.1) is 0 Å². The minimum Gasteiger partial charge on any atom is -0.456 e. The Bertz CT molecular complexity index is 563. The van der Waals surface area contributed by atoms with Crippen molar-refractivity contribution in [2.45, 2.75) is 26.4 Å². The van der Waals surface area contributed by atoms with Gasteiger partial charge in [-0.05, 0) is 20.8 Å². The number of nitrogens with zero attached hydrogens (tertiary/aromatic N) is 4. The second-order valence-corrected chi connectivity index (χ2v) is 5.07. The molecule has 2 rings (SSSR count). The Morgan fingerprint density at radius 2 is 2.06 bits per heavy atom. The molecule has 18 heavy (non-hydrogen) atoms. The lowest BCUT2D eigenvalue weighted by atomic mass is 10.2. The SMILES string of the molecule is Cn1cnc(-n2cc(C(=O)OC(C)(C)C)cn2)c1. The summed E-state index contributed by atoms with van der Waals surface area (Å²) in [6, 6.07) is 0. The number of aryl methyl sites for hydroxylation is 1. The van der Waals surface area contributed by atoms with Gasteiger partial charge < -0.3 is 9.30 Å². The van der Waals surface area contributed by atoms with Crippen molar-refractivity contribution >= 4 is 5.97 Å². The summed E-state index contributed by atoms with van der Waals surface area (Å²) in [6.07, 6.45) is 6.56. The smallest absolute Gasteiger partial charge is 0.341 e. The summed E-state index contributed by atoms with van der Waals surface area (Å²) in [7, 11) is 1.87. The van der Waals surface area contributed by atoms with Gasteiger partial charge in [-0.2, -0.15) is 5.10 Å². The van der Waals surface area contributed by atoms with Gasteiger partial charge in [0.2, 0.25) is 0 Å². The zero-order valence-electron chi connectivity index (χ0n) is 10.9. The third-order valence-corrected chi connectivity index (χ3v) is 2.14. The van der Waals surface area contributed by atoms with Crippen LogP contribution in [0.3, 0.4) is 0 Å². The number of imidazole rings is 1. The minimum absolute atomic E-state index is 0.385. The second kappa shape index (κ2) is 4.29. The summed E-state index contributed by atoms with van der Waals surface area (Å²) in [5, 5.41) is 4.09. The molecule has 0 aliphatic rings. The Morgan fingerprint density at radius 1 is 1.33 bits per heavy atom. The van der Waals surface area contributed by atoms with Crippen LogP contribution in [0.4, 0.5) is 0 Å². The zero-order chi connectivity index (χ0) is 13.3. The fourth-order valence-electron chi connectivity index (χ4n) is 1.41. The number of hydrogen-bond acceptors (Lipinski definition) is 4. The number of carbonyl (C=O) groups is 1. The van der Waals surface area contributed by atoms with Crippen molar-refractivity contribution in [2.75, 3.05) is 0 Å². The van der Waals surface area contributed by atoms with E-state index in [-0.39, 0.29) is 5.97 Å². The van der Waals surface area contributed by atoms with Crippen molar-refractivity contribution in [3.8, 4) is 5.82 Å². The van der Waals surface area contributed by atoms with E-state index in [4.69, 9.17) is 4.74 Å². The molecule has 0 saturated carbocycles. The van der Waals surface area contributed by atoms with E-state index in [9.17, 15) is 4.79 Å². The fourth-order valence-corrected chi connectivity index (χ4v) is 1.41. The molecule has 0 N–H and O–H groups in total. The van der Waals surface area contributed by atoms with Gasteiger partial charge in [0, 0.05) is 19.4 Å². The summed E-state index contributed by atoms with van der Waals surface area (Å²) in [5.74, 6) is 0.275. The number of carbonyl (C=O) groups excluding carboxylic acids is 1. The average Bonchev–Trinajstić information content (AvgIpc) is 2.82. The number of ether oxygens (including phenoxy) is 1. The lowest BCUT2D eigenvalue weighted by Crippen LogP contribution is -2.23. The van der Waals surface area contributed by atoms with E-state index in [1.54, 1.807) is 17.2 Å². The molecule has 0 aliphatic carbocycles. The number of rotatable bonds is 2. The summed E-state index contributed by atoms with van der Waals surface area (Å²) in [6.45, 7) is 5.48. The Labute approximate surface area is 105 Å². The molecule has 2 aromatic heterocycles. The van der Waals surface area contributed by atoms with E-state index in [1.165, 1.54) is 6.20 Å². The number of hydrogen-bond donors (Lipinski definition) is 0. The van der Waals surface area contributed by atoms with Crippen molar-refractivity contribution in [1.29, 1.82) is 0 Å². The highest BCUT2D eigenvalue weighted by Crippen LogP contribution is 2.12. The van der Waals surface area contributed by atoms with Crippen LogP contribution in [0.1, 0.15) is 31.1 Å². The summed E-state index contributed by atoms with van der Waals surface area (Å²) in [4.78, 5) is 16.0. The van der Waals surface area contributed by atoms with Gasteiger partial charge in [0.25, 0.3) is 0 Å². The third-order valence-electron chi connectivity index (χ3n) is 2.14. The largest absolute Gasteiger partial charge is 0.456 e. The second-order valence-electron chi connectivity index (χ2n) is 5.07. The minimum atomic E-state index is -0.510. The molecule has 0 saturated heterocycles. The first-order valence-electron chi connectivity index (χ1n) is 5.61. The van der Waals surface area contributed by atoms with Crippen LogP contribution in [0.5, 0.6) is 0 Å². The van der Waals surface area contributed by atoms with Gasteiger partial charge in [-0.3, -0.25) is 0 Å². The maximum absolute atomic E-state index is 11.8. The first-order valence-corrected chi connectivity index (χ1v) is 5.61. The van der Waals surface area contributed by atoms with Crippen molar-refractivity contribution in [3.63, 3.8) is 0 Å². The molecule has 0 unspecified atom stereocenters. The van der Waals surface area contributed by atoms with Crippen molar-refractivity contribution < 1.29 is 9.53 Å². The fraction of sp³-hybridized carbons (Fsp3) is 0.417. The quantitative estimate of drug-likeness (QED) is 0.757. The van der Waals surface area contributed by atoms with Crippen LogP contribution in [-0.2, 0) is 11.8 Å². The molecule has 0 aliphatic heterocycles. The van der Waals surface area contributed by atoms with Crippen LogP contribution < -0.4 is 0 Å². The van der Waals surface area contributed by atoms with Gasteiger partial charge >= 0.3 is 5.97 Å². The topological polar surface area (TPSA) is 61.9 Å². The zero-order valence-corrected chi connectivity index (χ0v) is 10.9. The molecule has 0 bridgehead atoms. The Kier molecular flexibility index (Phi) is 2.94. The molecule has 6 nitrogen and oxygen atoms in total. The highest BCUT2D eigenvalue weighted by atomic mass is 16.6. The molecule has 2 aromatic rings. The molecule has 6 heteroatoms. The van der Waals surface area contributed by atoms with Crippen molar-refractivity contribution in [1.82, 2.24) is 19.3 Å². The first-order chi connectivity index (χ1) is 8.35. The molecule has 0 atom stereocenters. The van der Waals surface area contributed by atoms with Crippen LogP contribution in [-0.4, -0.2) is 30.9 Å². The molecule has 0 aromatic carbocycles. The molecule has 0 spiro atoms. The highest BCUT2D eigenvalue weighted by molar-refractivity contribution is 5.89. The number of esters is 1. The third kappa shape index (κ3) is 2.77. The Morgan fingerprint density at radius 3 is 2.61 bits per heavy atom. The van der Waals surface area contributed by atoms with Crippen LogP contribution in [0, 0.1) is 0 Å². The maximum Gasteiger partial charge on any atom is 0.341 e. The molecule has 0 fully saturated rings. The van der Waals surface area contributed by atoms with Gasteiger partial charge in [0.15, 0.2) is 5.82 Å². The van der Waals surface area contributed by atoms with Gasteiger partial charge in [0.05, 0.1) is 18.1 Å². The van der Waals surface area contributed by atoms with E-state index in [0.29, 0.717) is 11.4 Å². The molecular formula is C12H16N4O2. The van der Waals surface area contributed by atoms with Crippen molar-refractivity contribution in [2.24, 2.45) is 7.05 Å². The van der Waals surface area contributed by atoms with E-state index >= 15 is 0 Å². The summed E-state index contributed by atoms with van der Waals surface area (Å²) < 4.78 is 8.61. The number of aromatic nitrogens is 4. The van der Waals surface area contributed by atoms with Crippen LogP contribution in [0.15, 0.2) is 24.9 Å². The van der Waals surface area contributed by atoms with E-state index < -0.39 is 5.60 Å². The normalized spacial score (nSPS) is 11.6. The van der Waals surface area contributed by atoms with Gasteiger partial charge in [0.1, 0.15) is 5.60 Å². The molecule has 2 heterocycles. The van der Waals surface area contributed by atoms with E-state index in [0.717, 1.165) is 0 Å². The summed E-state index contributed by atoms with van der Waals surface area (Å²) >= 11 is 0. The van der Waals surface area contributed by atoms with Crippen LogP contribution in [0.2, 0.25) is 0 Å².